The molecule has 4 aliphatic heterocycles. The minimum atomic E-state index is -4.05. The highest BCUT2D eigenvalue weighted by atomic mass is 19.2. The van der Waals surface area contributed by atoms with Crippen molar-refractivity contribution in [3.63, 3.8) is 0 Å². The average molecular weight is 848 g/mol. The maximum Gasteiger partial charge on any atom is 0.737 e. The van der Waals surface area contributed by atoms with Crippen molar-refractivity contribution in [2.24, 2.45) is 0 Å². The van der Waals surface area contributed by atoms with Crippen molar-refractivity contribution in [3.8, 4) is 0 Å². The van der Waals surface area contributed by atoms with Crippen LogP contribution in [0.25, 0.3) is 28.2 Å². The zero-order valence-electron chi connectivity index (χ0n) is 34.6. The summed E-state index contributed by atoms with van der Waals surface area (Å²) in [6, 6.07) is 10.3. The molecule has 62 heavy (non-hydrogen) atoms. The highest BCUT2D eigenvalue weighted by molar-refractivity contribution is 6.58. The summed E-state index contributed by atoms with van der Waals surface area (Å²) in [5.41, 5.74) is 10.6. The molecular weight excluding hydrogens is 799 g/mol. The summed E-state index contributed by atoms with van der Waals surface area (Å²) in [7, 11) is 0. The average Bonchev–Trinajstić information content (AvgIpc) is 4.04. The van der Waals surface area contributed by atoms with Gasteiger partial charge in [0.15, 0.2) is 22.6 Å². The van der Waals surface area contributed by atoms with E-state index < -0.39 is 12.9 Å². The van der Waals surface area contributed by atoms with E-state index in [4.69, 9.17) is 10.2 Å². The van der Waals surface area contributed by atoms with Gasteiger partial charge in [-0.3, -0.25) is 29.5 Å². The van der Waals surface area contributed by atoms with Crippen molar-refractivity contribution < 1.29 is 31.9 Å². The van der Waals surface area contributed by atoms with Crippen LogP contribution in [-0.4, -0.2) is 138 Å². The van der Waals surface area contributed by atoms with Gasteiger partial charge in [-0.1, -0.05) is 18.2 Å². The number of benzene rings is 1. The quantitative estimate of drug-likeness (QED) is 0.123. The van der Waals surface area contributed by atoms with Gasteiger partial charge in [0, 0.05) is 102 Å². The minimum Gasteiger partial charge on any atom is -0.423 e. The van der Waals surface area contributed by atoms with Crippen molar-refractivity contribution in [3.05, 3.63) is 89.3 Å². The van der Waals surface area contributed by atoms with Gasteiger partial charge >= 0.3 is 13.0 Å². The van der Waals surface area contributed by atoms with Crippen LogP contribution < -0.4 is 16.4 Å². The number of amides is 3. The molecule has 0 bridgehead atoms. The Bertz CT molecular complexity index is 2680. The van der Waals surface area contributed by atoms with E-state index in [0.29, 0.717) is 77.7 Å². The number of aromatic nitrogens is 6. The fraction of sp³-hybridized carbons (Fsp3) is 0.381. The molecule has 4 aliphatic rings. The molecule has 5 aromatic rings. The molecular formula is C42H48BF2N13O4. The minimum absolute atomic E-state index is 0.0271. The van der Waals surface area contributed by atoms with Gasteiger partial charge in [0.1, 0.15) is 23.4 Å². The number of piperidine rings is 1. The van der Waals surface area contributed by atoms with Gasteiger partial charge < -0.3 is 38.0 Å². The Hall–Kier alpha value is -6.54. The normalized spacial score (nSPS) is 19.2. The molecule has 9 rings (SSSR count). The molecule has 20 heteroatoms. The lowest BCUT2D eigenvalue weighted by Crippen LogP contribution is -2.50. The van der Waals surface area contributed by atoms with Crippen LogP contribution in [0, 0.1) is 0 Å². The van der Waals surface area contributed by atoms with E-state index in [1.807, 2.05) is 25.1 Å². The topological polar surface area (TPSA) is 189 Å². The van der Waals surface area contributed by atoms with E-state index >= 15 is 8.63 Å². The predicted molar refractivity (Wildman–Crippen MR) is 230 cm³/mol. The second-order valence-corrected chi connectivity index (χ2v) is 16.2. The summed E-state index contributed by atoms with van der Waals surface area (Å²) < 4.78 is 41.0. The molecule has 322 valence electrons. The van der Waals surface area contributed by atoms with Gasteiger partial charge in [0.2, 0.25) is 11.8 Å². The number of hydrogen-bond acceptors (Lipinski definition) is 11. The number of allylic oxidation sites excluding steroid dienone is 2. The van der Waals surface area contributed by atoms with Crippen molar-refractivity contribution in [2.75, 3.05) is 70.0 Å². The summed E-state index contributed by atoms with van der Waals surface area (Å²) in [6.07, 6.45) is 10.2. The smallest absolute Gasteiger partial charge is 0.423 e. The molecule has 0 aliphatic carbocycles. The molecule has 1 atom stereocenters. The fourth-order valence-electron chi connectivity index (χ4n) is 9.03. The summed E-state index contributed by atoms with van der Waals surface area (Å²) in [6.45, 7) is 5.49. The number of nitrogens with two attached hydrogens (primary N) is 1. The predicted octanol–water partition coefficient (Wildman–Crippen LogP) is 3.70. The largest absolute Gasteiger partial charge is 0.737 e. The molecule has 0 radical (unpaired) electrons. The third-order valence-corrected chi connectivity index (χ3v) is 12.2. The van der Waals surface area contributed by atoms with Crippen molar-refractivity contribution in [2.45, 2.75) is 45.6 Å². The van der Waals surface area contributed by atoms with Crippen molar-refractivity contribution in [1.29, 1.82) is 0 Å². The third kappa shape index (κ3) is 7.90. The highest BCUT2D eigenvalue weighted by Gasteiger charge is 2.52. The van der Waals surface area contributed by atoms with E-state index in [0.717, 1.165) is 53.6 Å². The number of halogens is 2. The molecule has 0 saturated carbocycles. The van der Waals surface area contributed by atoms with Crippen LogP contribution >= 0.6 is 0 Å². The standard InChI is InChI=1S/C42H48BF2N13O4/c1-27-23-28(2)56-33(27)24-30-12-11-29(57(30)43(56,44)45)13-14-35(59)47-15-18-54-21-19-53(20-22-54)16-6-10-36(60)55-17-5-7-31(25-55)58-40-37(39(46)48-26-49-40)38(52-58)41(61)51-42-50-32-8-3-4-9-34(32)62-42/h3-4,6,8-12,23-24,26,31H,5,7,13-22,25H2,1-2H3,(H,47,59)(H2,46,48,49)(H,50,51,61)/t31-/m1/s1. The second kappa shape index (κ2) is 16.7. The summed E-state index contributed by atoms with van der Waals surface area (Å²) in [5, 5.41) is 10.6. The van der Waals surface area contributed by atoms with Crippen LogP contribution in [0.3, 0.4) is 0 Å². The van der Waals surface area contributed by atoms with Crippen molar-refractivity contribution in [1.82, 2.24) is 49.2 Å². The Kier molecular flexibility index (Phi) is 11.0. The van der Waals surface area contributed by atoms with Crippen LogP contribution in [0.5, 0.6) is 0 Å². The number of hydrogen-bond donors (Lipinski definition) is 3. The van der Waals surface area contributed by atoms with E-state index in [1.165, 1.54) is 6.33 Å². The van der Waals surface area contributed by atoms with E-state index in [1.54, 1.807) is 59.0 Å². The maximum absolute atomic E-state index is 15.7. The summed E-state index contributed by atoms with van der Waals surface area (Å²) >= 11 is 0. The zero-order valence-corrected chi connectivity index (χ0v) is 34.6. The van der Waals surface area contributed by atoms with E-state index in [9.17, 15) is 14.4 Å². The Balaban J connectivity index is 0.721. The molecule has 0 spiro atoms. The van der Waals surface area contributed by atoms with Crippen LogP contribution in [-0.2, 0) is 16.0 Å². The molecule has 4 N–H and O–H groups in total. The number of rotatable bonds is 12. The van der Waals surface area contributed by atoms with Gasteiger partial charge in [-0.25, -0.2) is 14.6 Å². The number of para-hydroxylation sites is 2. The number of carbonyl (C=O) groups excluding carboxylic acids is 3. The van der Waals surface area contributed by atoms with Crippen LogP contribution in [0.1, 0.15) is 61.0 Å². The number of nitrogens with zero attached hydrogens (tertiary/aromatic N) is 10. The second-order valence-electron chi connectivity index (χ2n) is 16.2. The van der Waals surface area contributed by atoms with E-state index in [-0.39, 0.29) is 48.2 Å². The SMILES string of the molecule is CC1=CC(C)=[N+]2C1=Cc1ccc(CCC(=O)NCCN3CCN(CC=CC(=O)N4CCC[C@@H](n5nc(C(=O)Nc6nc7ccccc7o6)c6c(N)ncnc65)C4)CC3)n1[B-]2(F)F. The van der Waals surface area contributed by atoms with Crippen LogP contribution in [0.4, 0.5) is 20.5 Å². The number of likely N-dealkylation sites (tertiary alicyclic amines) is 1. The molecule has 2 fully saturated rings. The number of piperazine rings is 1. The van der Waals surface area contributed by atoms with Crippen LogP contribution in [0.2, 0.25) is 0 Å². The van der Waals surface area contributed by atoms with Gasteiger partial charge in [-0.2, -0.15) is 10.1 Å². The van der Waals surface area contributed by atoms with Crippen LogP contribution in [0.15, 0.2) is 76.6 Å². The number of aryl methyl sites for hydroxylation is 1. The number of anilines is 2. The highest BCUT2D eigenvalue weighted by Crippen LogP contribution is 2.36. The number of carbonyl (C=O) groups is 3. The first-order valence-corrected chi connectivity index (χ1v) is 21.0. The Labute approximate surface area is 355 Å². The number of nitrogens with one attached hydrogen (secondary N) is 2. The molecule has 4 aromatic heterocycles. The molecule has 2 saturated heterocycles. The number of fused-ring (bicyclic) bond motifs is 4. The Morgan fingerprint density at radius 1 is 1.03 bits per heavy atom. The number of nitrogen functional groups attached to an aromatic ring is 1. The Morgan fingerprint density at radius 3 is 2.66 bits per heavy atom. The monoisotopic (exact) mass is 847 g/mol. The first kappa shape index (κ1) is 40.8. The van der Waals surface area contributed by atoms with Gasteiger partial charge in [0.25, 0.3) is 5.91 Å². The summed E-state index contributed by atoms with van der Waals surface area (Å²) in [4.78, 5) is 58.8. The van der Waals surface area contributed by atoms with Crippen molar-refractivity contribution >= 4 is 70.4 Å². The lowest BCUT2D eigenvalue weighted by atomic mass is 9.89. The molecule has 1 aromatic carbocycles. The van der Waals surface area contributed by atoms with E-state index in [2.05, 4.69) is 40.5 Å². The van der Waals surface area contributed by atoms with Gasteiger partial charge in [-0.15, -0.1) is 0 Å². The molecule has 0 unspecified atom stereocenters. The number of oxazole rings is 1. The van der Waals surface area contributed by atoms with Gasteiger partial charge in [-0.05, 0) is 56.1 Å². The molecule has 8 heterocycles. The third-order valence-electron chi connectivity index (χ3n) is 12.2. The maximum atomic E-state index is 15.7. The molecule has 17 nitrogen and oxygen atoms in total. The lowest BCUT2D eigenvalue weighted by molar-refractivity contribution is -0.362. The fourth-order valence-corrected chi connectivity index (χ4v) is 9.03. The van der Waals surface area contributed by atoms with Gasteiger partial charge in [0.05, 0.1) is 11.4 Å². The first-order valence-electron chi connectivity index (χ1n) is 21.0. The first-order chi connectivity index (χ1) is 29.9. The molecule has 3 amide bonds. The summed E-state index contributed by atoms with van der Waals surface area (Å²) in [5.74, 6) is -0.729. The Morgan fingerprint density at radius 2 is 1.84 bits per heavy atom. The lowest BCUT2D eigenvalue weighted by Gasteiger charge is -2.34. The zero-order chi connectivity index (χ0) is 43.1.